The van der Waals surface area contributed by atoms with Crippen LogP contribution in [0, 0.1) is 6.92 Å². The molecule has 1 aromatic carbocycles. The van der Waals surface area contributed by atoms with Crippen molar-refractivity contribution in [3.63, 3.8) is 0 Å². The lowest BCUT2D eigenvalue weighted by molar-refractivity contribution is 0.533. The Bertz CT molecular complexity index is 734. The van der Waals surface area contributed by atoms with Gasteiger partial charge in [-0.3, -0.25) is 10.4 Å². The molecule has 0 saturated heterocycles. The number of aryl methyl sites for hydroxylation is 1. The number of hydrogen-bond acceptors (Lipinski definition) is 6. The minimum absolute atomic E-state index is 0.513. The lowest BCUT2D eigenvalue weighted by Crippen LogP contribution is -1.90. The minimum atomic E-state index is 0.513. The van der Waals surface area contributed by atoms with E-state index in [1.165, 1.54) is 0 Å². The molecule has 0 amide bonds. The van der Waals surface area contributed by atoms with Crippen LogP contribution in [0.5, 0.6) is 0 Å². The van der Waals surface area contributed by atoms with Crippen molar-refractivity contribution in [2.45, 2.75) is 6.92 Å². The number of nitrogens with one attached hydrogen (secondary N) is 1. The Hall–Kier alpha value is -3.02. The molecule has 0 radical (unpaired) electrons. The van der Waals surface area contributed by atoms with Gasteiger partial charge in [0.1, 0.15) is 0 Å². The summed E-state index contributed by atoms with van der Waals surface area (Å²) in [6.07, 6.45) is 5.18. The van der Waals surface area contributed by atoms with Crippen LogP contribution in [0.25, 0.3) is 11.5 Å². The number of aromatic nitrogens is 3. The van der Waals surface area contributed by atoms with Gasteiger partial charge < -0.3 is 4.42 Å². The van der Waals surface area contributed by atoms with E-state index in [1.54, 1.807) is 25.5 Å². The van der Waals surface area contributed by atoms with E-state index in [-0.39, 0.29) is 0 Å². The zero-order valence-corrected chi connectivity index (χ0v) is 11.4. The van der Waals surface area contributed by atoms with E-state index in [0.29, 0.717) is 11.8 Å². The fraction of sp³-hybridized carbons (Fsp3) is 0.0667. The second-order valence-electron chi connectivity index (χ2n) is 4.35. The van der Waals surface area contributed by atoms with Crippen molar-refractivity contribution in [3.05, 3.63) is 60.2 Å². The zero-order chi connectivity index (χ0) is 14.5. The van der Waals surface area contributed by atoms with Gasteiger partial charge >= 0.3 is 0 Å². The summed E-state index contributed by atoms with van der Waals surface area (Å²) >= 11 is 0. The minimum Gasteiger partial charge on any atom is -0.421 e. The van der Waals surface area contributed by atoms with Gasteiger partial charge in [0.25, 0.3) is 0 Å². The number of nitrogens with zero attached hydrogens (tertiary/aromatic N) is 4. The van der Waals surface area contributed by atoms with Gasteiger partial charge in [0.05, 0.1) is 11.9 Å². The molecule has 104 valence electrons. The van der Waals surface area contributed by atoms with Gasteiger partial charge in [-0.15, -0.1) is 10.2 Å². The third-order valence-corrected chi connectivity index (χ3v) is 2.77. The van der Waals surface area contributed by atoms with Crippen molar-refractivity contribution in [1.29, 1.82) is 0 Å². The van der Waals surface area contributed by atoms with Gasteiger partial charge in [-0.05, 0) is 42.0 Å². The van der Waals surface area contributed by atoms with E-state index in [2.05, 4.69) is 25.7 Å². The maximum absolute atomic E-state index is 5.37. The third-order valence-electron chi connectivity index (χ3n) is 2.77. The predicted octanol–water partition coefficient (Wildman–Crippen LogP) is 2.89. The summed E-state index contributed by atoms with van der Waals surface area (Å²) in [5.41, 5.74) is 5.69. The highest BCUT2D eigenvalue weighted by atomic mass is 16.4. The molecule has 6 heteroatoms. The molecule has 6 nitrogen and oxygen atoms in total. The lowest BCUT2D eigenvalue weighted by Gasteiger charge is -2.00. The molecular weight excluding hydrogens is 266 g/mol. The number of pyridine rings is 1. The van der Waals surface area contributed by atoms with Crippen molar-refractivity contribution in [3.8, 4) is 11.5 Å². The average Bonchev–Trinajstić information content (AvgIpc) is 2.96. The Kier molecular flexibility index (Phi) is 3.68. The molecule has 3 rings (SSSR count). The molecular formula is C15H13N5O. The Balaban J connectivity index is 1.66. The van der Waals surface area contributed by atoms with E-state index in [0.717, 1.165) is 16.8 Å². The predicted molar refractivity (Wildman–Crippen MR) is 79.9 cm³/mol. The number of benzene rings is 1. The Morgan fingerprint density at radius 2 is 1.81 bits per heavy atom. The van der Waals surface area contributed by atoms with Crippen LogP contribution in [-0.4, -0.2) is 21.4 Å². The molecule has 0 fully saturated rings. The Morgan fingerprint density at radius 3 is 2.48 bits per heavy atom. The van der Waals surface area contributed by atoms with Crippen LogP contribution in [0.15, 0.2) is 58.3 Å². The van der Waals surface area contributed by atoms with Crippen molar-refractivity contribution >= 4 is 11.9 Å². The van der Waals surface area contributed by atoms with Crippen LogP contribution in [0.4, 0.5) is 5.69 Å². The first-order valence-electron chi connectivity index (χ1n) is 6.41. The quantitative estimate of drug-likeness (QED) is 0.587. The smallest absolute Gasteiger partial charge is 0.247 e. The normalized spacial score (nSPS) is 10.9. The number of hydrazone groups is 1. The van der Waals surface area contributed by atoms with Gasteiger partial charge in [0.2, 0.25) is 11.8 Å². The highest BCUT2D eigenvalue weighted by molar-refractivity contribution is 5.79. The van der Waals surface area contributed by atoms with Gasteiger partial charge in [0.15, 0.2) is 0 Å². The van der Waals surface area contributed by atoms with Crippen LogP contribution in [0.1, 0.15) is 11.5 Å². The molecule has 0 bridgehead atoms. The topological polar surface area (TPSA) is 76.2 Å². The summed E-state index contributed by atoms with van der Waals surface area (Å²) in [5.74, 6) is 1.06. The highest BCUT2D eigenvalue weighted by Crippen LogP contribution is 2.19. The maximum Gasteiger partial charge on any atom is 0.247 e. The molecule has 0 spiro atoms. The maximum atomic E-state index is 5.37. The Labute approximate surface area is 121 Å². The molecule has 0 atom stereocenters. The first kappa shape index (κ1) is 13.0. The van der Waals surface area contributed by atoms with Crippen molar-refractivity contribution in [2.24, 2.45) is 5.10 Å². The van der Waals surface area contributed by atoms with Crippen LogP contribution >= 0.6 is 0 Å². The van der Waals surface area contributed by atoms with Crippen molar-refractivity contribution < 1.29 is 4.42 Å². The summed E-state index contributed by atoms with van der Waals surface area (Å²) in [6.45, 7) is 1.76. The van der Waals surface area contributed by atoms with Crippen LogP contribution < -0.4 is 5.43 Å². The molecule has 2 heterocycles. The van der Waals surface area contributed by atoms with Gasteiger partial charge in [-0.25, -0.2) is 0 Å². The van der Waals surface area contributed by atoms with E-state index in [4.69, 9.17) is 4.42 Å². The highest BCUT2D eigenvalue weighted by Gasteiger charge is 2.04. The van der Waals surface area contributed by atoms with E-state index >= 15 is 0 Å². The van der Waals surface area contributed by atoms with Crippen LogP contribution in [0.2, 0.25) is 0 Å². The summed E-state index contributed by atoms with van der Waals surface area (Å²) in [7, 11) is 0. The molecule has 0 saturated carbocycles. The van der Waals surface area contributed by atoms with E-state index < -0.39 is 0 Å². The van der Waals surface area contributed by atoms with Crippen molar-refractivity contribution in [1.82, 2.24) is 15.2 Å². The molecule has 21 heavy (non-hydrogen) atoms. The summed E-state index contributed by atoms with van der Waals surface area (Å²) in [6, 6.07) is 11.4. The molecule has 3 aromatic rings. The van der Waals surface area contributed by atoms with Crippen LogP contribution in [0.3, 0.4) is 0 Å². The molecule has 0 aliphatic heterocycles. The SMILES string of the molecule is Cc1nnc(-c2ccc(NN=Cc3ccncc3)cc2)o1. The lowest BCUT2D eigenvalue weighted by atomic mass is 10.2. The number of hydrogen-bond donors (Lipinski definition) is 1. The molecule has 0 aliphatic rings. The molecule has 0 aliphatic carbocycles. The summed E-state index contributed by atoms with van der Waals surface area (Å²) in [4.78, 5) is 3.95. The zero-order valence-electron chi connectivity index (χ0n) is 11.4. The second-order valence-corrected chi connectivity index (χ2v) is 4.35. The third kappa shape index (κ3) is 3.30. The number of rotatable bonds is 4. The average molecular weight is 279 g/mol. The first-order valence-corrected chi connectivity index (χ1v) is 6.41. The standard InChI is InChI=1S/C15H13N5O/c1-11-18-20-15(21-11)13-2-4-14(5-3-13)19-17-10-12-6-8-16-9-7-12/h2-10,19H,1H3. The summed E-state index contributed by atoms with van der Waals surface area (Å²) in [5, 5.41) is 11.9. The van der Waals surface area contributed by atoms with Gasteiger partial charge in [-0.1, -0.05) is 0 Å². The van der Waals surface area contributed by atoms with Crippen LogP contribution in [-0.2, 0) is 0 Å². The number of anilines is 1. The monoisotopic (exact) mass is 279 g/mol. The van der Waals surface area contributed by atoms with E-state index in [9.17, 15) is 0 Å². The van der Waals surface area contributed by atoms with Crippen molar-refractivity contribution in [2.75, 3.05) is 5.43 Å². The second kappa shape index (κ2) is 5.96. The van der Waals surface area contributed by atoms with Gasteiger partial charge in [0, 0.05) is 24.9 Å². The Morgan fingerprint density at radius 1 is 1.05 bits per heavy atom. The van der Waals surface area contributed by atoms with E-state index in [1.807, 2.05) is 36.4 Å². The fourth-order valence-corrected chi connectivity index (χ4v) is 1.73. The fourth-order valence-electron chi connectivity index (χ4n) is 1.73. The molecule has 2 aromatic heterocycles. The molecule has 1 N–H and O–H groups in total. The molecule has 0 unspecified atom stereocenters. The first-order chi connectivity index (χ1) is 10.3. The van der Waals surface area contributed by atoms with Gasteiger partial charge in [-0.2, -0.15) is 5.10 Å². The summed E-state index contributed by atoms with van der Waals surface area (Å²) < 4.78 is 5.37. The largest absolute Gasteiger partial charge is 0.421 e.